The first-order valence-electron chi connectivity index (χ1n) is 6.67. The van der Waals surface area contributed by atoms with Crippen LogP contribution < -0.4 is 0 Å². The molecule has 4 nitrogen and oxygen atoms in total. The van der Waals surface area contributed by atoms with Crippen LogP contribution in [0.5, 0.6) is 0 Å². The van der Waals surface area contributed by atoms with Crippen molar-refractivity contribution in [3.63, 3.8) is 0 Å². The summed E-state index contributed by atoms with van der Waals surface area (Å²) in [6.07, 6.45) is 1.86. The van der Waals surface area contributed by atoms with Crippen molar-refractivity contribution in [2.75, 3.05) is 27.2 Å². The summed E-state index contributed by atoms with van der Waals surface area (Å²) in [4.78, 5) is 3.23. The molecule has 114 valence electrons. The first-order valence-corrected chi connectivity index (χ1v) is 9.53. The summed E-state index contributed by atoms with van der Waals surface area (Å²) in [6.45, 7) is 3.22. The highest BCUT2D eigenvalue weighted by Crippen LogP contribution is 2.34. The van der Waals surface area contributed by atoms with Crippen LogP contribution in [0.25, 0.3) is 0 Å². The number of hydrogen-bond acceptors (Lipinski definition) is 4. The summed E-state index contributed by atoms with van der Waals surface area (Å²) in [5.41, 5.74) is 0.807. The Morgan fingerprint density at radius 3 is 2.80 bits per heavy atom. The van der Waals surface area contributed by atoms with Crippen molar-refractivity contribution in [3.05, 3.63) is 15.8 Å². The Morgan fingerprint density at radius 2 is 2.20 bits per heavy atom. The molecule has 2 rings (SSSR count). The Hall–Kier alpha value is -0.140. The van der Waals surface area contributed by atoms with Gasteiger partial charge in [0, 0.05) is 24.0 Å². The van der Waals surface area contributed by atoms with Gasteiger partial charge in [-0.1, -0.05) is 0 Å². The standard InChI is InChI=1S/C13H21ClN2O2S2/c1-10-9-19-12(7-14)13(10)20(17,18)16-6-4-5-11(16)8-15(2)3/h9,11H,4-8H2,1-3H3. The van der Waals surface area contributed by atoms with Crippen molar-refractivity contribution in [1.29, 1.82) is 0 Å². The maximum absolute atomic E-state index is 12.9. The van der Waals surface area contributed by atoms with Crippen LogP contribution in [-0.2, 0) is 15.9 Å². The lowest BCUT2D eigenvalue weighted by atomic mass is 10.2. The largest absolute Gasteiger partial charge is 0.308 e. The van der Waals surface area contributed by atoms with Crippen molar-refractivity contribution < 1.29 is 8.42 Å². The molecule has 0 N–H and O–H groups in total. The number of alkyl halides is 1. The molecule has 0 radical (unpaired) electrons. The molecule has 1 saturated heterocycles. The summed E-state index contributed by atoms with van der Waals surface area (Å²) in [6, 6.07) is 0.0671. The molecule has 1 fully saturated rings. The second-order valence-electron chi connectivity index (χ2n) is 5.48. The van der Waals surface area contributed by atoms with Gasteiger partial charge in [-0.15, -0.1) is 22.9 Å². The molecule has 2 heterocycles. The Balaban J connectivity index is 2.36. The van der Waals surface area contributed by atoms with Crippen LogP contribution in [0.2, 0.25) is 0 Å². The molecule has 1 unspecified atom stereocenters. The fourth-order valence-corrected chi connectivity index (χ4v) is 6.47. The third-order valence-electron chi connectivity index (χ3n) is 3.58. The number of nitrogens with zero attached hydrogens (tertiary/aromatic N) is 2. The lowest BCUT2D eigenvalue weighted by Crippen LogP contribution is -2.41. The van der Waals surface area contributed by atoms with E-state index in [4.69, 9.17) is 11.6 Å². The quantitative estimate of drug-likeness (QED) is 0.776. The van der Waals surface area contributed by atoms with Crippen LogP contribution in [0.1, 0.15) is 23.3 Å². The highest BCUT2D eigenvalue weighted by Gasteiger charge is 2.37. The molecule has 1 atom stereocenters. The third-order valence-corrected chi connectivity index (χ3v) is 7.42. The van der Waals surface area contributed by atoms with E-state index in [0.717, 1.165) is 29.8 Å². The predicted octanol–water partition coefficient (Wildman–Crippen LogP) is 2.51. The van der Waals surface area contributed by atoms with Crippen LogP contribution in [0.3, 0.4) is 0 Å². The Bertz CT molecular complexity index is 569. The van der Waals surface area contributed by atoms with E-state index in [9.17, 15) is 8.42 Å². The summed E-state index contributed by atoms with van der Waals surface area (Å²) >= 11 is 7.33. The number of likely N-dealkylation sites (N-methyl/N-ethyl adjacent to an activating group) is 1. The number of aryl methyl sites for hydroxylation is 1. The fourth-order valence-electron chi connectivity index (χ4n) is 2.77. The van der Waals surface area contributed by atoms with E-state index in [1.165, 1.54) is 11.3 Å². The van der Waals surface area contributed by atoms with E-state index in [1.807, 2.05) is 31.3 Å². The number of thiophene rings is 1. The Labute approximate surface area is 130 Å². The van der Waals surface area contributed by atoms with Crippen molar-refractivity contribution in [2.24, 2.45) is 0 Å². The van der Waals surface area contributed by atoms with Gasteiger partial charge in [-0.3, -0.25) is 0 Å². The van der Waals surface area contributed by atoms with Gasteiger partial charge in [0.05, 0.1) is 5.88 Å². The van der Waals surface area contributed by atoms with Gasteiger partial charge >= 0.3 is 0 Å². The molecule has 0 spiro atoms. The maximum atomic E-state index is 12.9. The number of halogens is 1. The van der Waals surface area contributed by atoms with Crippen LogP contribution >= 0.6 is 22.9 Å². The van der Waals surface area contributed by atoms with Gasteiger partial charge in [-0.05, 0) is 44.8 Å². The molecule has 0 amide bonds. The normalized spacial score (nSPS) is 20.9. The van der Waals surface area contributed by atoms with E-state index in [0.29, 0.717) is 11.4 Å². The number of hydrogen-bond donors (Lipinski definition) is 0. The topological polar surface area (TPSA) is 40.6 Å². The third kappa shape index (κ3) is 3.04. The fraction of sp³-hybridized carbons (Fsp3) is 0.692. The predicted molar refractivity (Wildman–Crippen MR) is 84.1 cm³/mol. The molecule has 20 heavy (non-hydrogen) atoms. The van der Waals surface area contributed by atoms with E-state index in [2.05, 4.69) is 0 Å². The molecule has 1 aliphatic heterocycles. The van der Waals surface area contributed by atoms with E-state index in [-0.39, 0.29) is 11.9 Å². The lowest BCUT2D eigenvalue weighted by molar-refractivity contribution is 0.291. The summed E-state index contributed by atoms with van der Waals surface area (Å²) in [7, 11) is 0.520. The summed E-state index contributed by atoms with van der Waals surface area (Å²) in [5, 5.41) is 1.88. The molecule has 1 aliphatic rings. The van der Waals surface area contributed by atoms with Gasteiger partial charge in [-0.2, -0.15) is 4.31 Å². The van der Waals surface area contributed by atoms with Gasteiger partial charge < -0.3 is 4.90 Å². The van der Waals surface area contributed by atoms with Crippen LogP contribution in [0.4, 0.5) is 0 Å². The maximum Gasteiger partial charge on any atom is 0.244 e. The second-order valence-corrected chi connectivity index (χ2v) is 8.54. The molecule has 1 aromatic heterocycles. The van der Waals surface area contributed by atoms with E-state index >= 15 is 0 Å². The van der Waals surface area contributed by atoms with Crippen LogP contribution in [0, 0.1) is 6.92 Å². The monoisotopic (exact) mass is 336 g/mol. The summed E-state index contributed by atoms with van der Waals surface area (Å²) in [5.74, 6) is 0.249. The average Bonchev–Trinajstić information content (AvgIpc) is 2.95. The molecule has 0 bridgehead atoms. The molecule has 0 aromatic carbocycles. The van der Waals surface area contributed by atoms with Gasteiger partial charge in [0.2, 0.25) is 10.0 Å². The number of sulfonamides is 1. The molecule has 0 aliphatic carbocycles. The molecule has 7 heteroatoms. The van der Waals surface area contributed by atoms with Gasteiger partial charge in [0.25, 0.3) is 0 Å². The average molecular weight is 337 g/mol. The molecule has 1 aromatic rings. The van der Waals surface area contributed by atoms with Crippen molar-refractivity contribution in [2.45, 2.75) is 36.6 Å². The SMILES string of the molecule is Cc1csc(CCl)c1S(=O)(=O)N1CCCC1CN(C)C. The molecular formula is C13H21ClN2O2S2. The van der Waals surface area contributed by atoms with E-state index < -0.39 is 10.0 Å². The van der Waals surface area contributed by atoms with Crippen LogP contribution in [0.15, 0.2) is 10.3 Å². The first-order chi connectivity index (χ1) is 9.37. The van der Waals surface area contributed by atoms with Crippen molar-refractivity contribution in [1.82, 2.24) is 9.21 Å². The second kappa shape index (κ2) is 6.32. The minimum atomic E-state index is -3.43. The van der Waals surface area contributed by atoms with Crippen LogP contribution in [-0.4, -0.2) is 50.8 Å². The van der Waals surface area contributed by atoms with Gasteiger partial charge in [-0.25, -0.2) is 8.42 Å². The van der Waals surface area contributed by atoms with Crippen molar-refractivity contribution >= 4 is 33.0 Å². The highest BCUT2D eigenvalue weighted by atomic mass is 35.5. The Kier molecular flexibility index (Phi) is 5.13. The first kappa shape index (κ1) is 16.2. The highest BCUT2D eigenvalue weighted by molar-refractivity contribution is 7.89. The summed E-state index contributed by atoms with van der Waals surface area (Å²) < 4.78 is 27.6. The minimum absolute atomic E-state index is 0.0671. The Morgan fingerprint density at radius 1 is 1.50 bits per heavy atom. The van der Waals surface area contributed by atoms with Gasteiger partial charge in [0.1, 0.15) is 4.90 Å². The molecular weight excluding hydrogens is 316 g/mol. The van der Waals surface area contributed by atoms with Gasteiger partial charge in [0.15, 0.2) is 0 Å². The smallest absolute Gasteiger partial charge is 0.244 e. The molecule has 0 saturated carbocycles. The zero-order valence-electron chi connectivity index (χ0n) is 12.1. The minimum Gasteiger partial charge on any atom is -0.308 e. The van der Waals surface area contributed by atoms with E-state index in [1.54, 1.807) is 4.31 Å². The zero-order valence-corrected chi connectivity index (χ0v) is 14.5. The number of rotatable bonds is 5. The lowest BCUT2D eigenvalue weighted by Gasteiger charge is -2.26. The van der Waals surface area contributed by atoms with Crippen molar-refractivity contribution in [3.8, 4) is 0 Å². The zero-order chi connectivity index (χ0) is 14.9.